The van der Waals surface area contributed by atoms with Gasteiger partial charge in [-0.15, -0.1) is 0 Å². The van der Waals surface area contributed by atoms with Gasteiger partial charge in [0, 0.05) is 31.2 Å². The number of hydrogen-bond acceptors (Lipinski definition) is 3. The van der Waals surface area contributed by atoms with E-state index >= 15 is 0 Å². The molecule has 3 nitrogen and oxygen atoms in total. The van der Waals surface area contributed by atoms with Crippen molar-refractivity contribution >= 4 is 0 Å². The van der Waals surface area contributed by atoms with Crippen LogP contribution < -0.4 is 5.32 Å². The molecule has 1 fully saturated rings. The van der Waals surface area contributed by atoms with Gasteiger partial charge < -0.3 is 10.1 Å². The summed E-state index contributed by atoms with van der Waals surface area (Å²) in [5, 5.41) is 3.52. The lowest BCUT2D eigenvalue weighted by molar-refractivity contribution is -0.00437. The molecule has 1 atom stereocenters. The van der Waals surface area contributed by atoms with Crippen molar-refractivity contribution in [1.29, 1.82) is 0 Å². The quantitative estimate of drug-likeness (QED) is 0.915. The van der Waals surface area contributed by atoms with Crippen LogP contribution in [0.2, 0.25) is 0 Å². The molecule has 20 heavy (non-hydrogen) atoms. The van der Waals surface area contributed by atoms with E-state index in [0.717, 1.165) is 32.8 Å². The molecule has 0 bridgehead atoms. The van der Waals surface area contributed by atoms with E-state index < -0.39 is 0 Å². The van der Waals surface area contributed by atoms with Gasteiger partial charge in [-0.1, -0.05) is 24.3 Å². The lowest BCUT2D eigenvalue weighted by Crippen LogP contribution is -2.42. The number of benzene rings is 1. The highest BCUT2D eigenvalue weighted by atomic mass is 16.5. The van der Waals surface area contributed by atoms with Crippen LogP contribution in [0.4, 0.5) is 0 Å². The molecule has 112 valence electrons. The highest BCUT2D eigenvalue weighted by molar-refractivity contribution is 5.22. The molecule has 1 unspecified atom stereocenters. The smallest absolute Gasteiger partial charge is 0.0619 e. The van der Waals surface area contributed by atoms with Crippen molar-refractivity contribution in [2.75, 3.05) is 19.8 Å². The normalized spacial score (nSPS) is 21.1. The molecule has 1 aromatic carbocycles. The molecular formula is C17H28N2O. The first-order valence-corrected chi connectivity index (χ1v) is 7.59. The molecule has 1 aliphatic rings. The van der Waals surface area contributed by atoms with Crippen LogP contribution in [0.25, 0.3) is 0 Å². The van der Waals surface area contributed by atoms with Gasteiger partial charge in [-0.25, -0.2) is 0 Å². The molecule has 1 aliphatic heterocycles. The molecule has 0 amide bonds. The first-order chi connectivity index (χ1) is 9.44. The van der Waals surface area contributed by atoms with E-state index in [1.54, 1.807) is 0 Å². The third-order valence-electron chi connectivity index (χ3n) is 3.74. The van der Waals surface area contributed by atoms with Crippen LogP contribution in [0.15, 0.2) is 24.3 Å². The number of ether oxygens (including phenoxy) is 1. The molecule has 1 heterocycles. The number of hydrogen-bond donors (Lipinski definition) is 1. The Kier molecular flexibility index (Phi) is 5.19. The predicted octanol–water partition coefficient (Wildman–Crippen LogP) is 2.80. The minimum Gasteiger partial charge on any atom is -0.379 e. The van der Waals surface area contributed by atoms with Crippen molar-refractivity contribution in [2.24, 2.45) is 0 Å². The molecule has 0 radical (unpaired) electrons. The molecule has 1 N–H and O–H groups in total. The third-order valence-corrected chi connectivity index (χ3v) is 3.74. The lowest BCUT2D eigenvalue weighted by Gasteiger charge is -2.33. The van der Waals surface area contributed by atoms with Crippen LogP contribution in [0.3, 0.4) is 0 Å². The van der Waals surface area contributed by atoms with Gasteiger partial charge in [0.15, 0.2) is 0 Å². The number of rotatable bonds is 4. The van der Waals surface area contributed by atoms with Crippen molar-refractivity contribution in [2.45, 2.75) is 52.4 Å². The second-order valence-corrected chi connectivity index (χ2v) is 6.81. The molecule has 0 saturated carbocycles. The van der Waals surface area contributed by atoms with Gasteiger partial charge in [0.2, 0.25) is 0 Å². The summed E-state index contributed by atoms with van der Waals surface area (Å²) in [6.07, 6.45) is 0. The summed E-state index contributed by atoms with van der Waals surface area (Å²) in [4.78, 5) is 2.49. The average molecular weight is 276 g/mol. The van der Waals surface area contributed by atoms with E-state index in [1.165, 1.54) is 11.1 Å². The zero-order valence-corrected chi connectivity index (χ0v) is 13.3. The number of nitrogens with one attached hydrogen (secondary N) is 1. The summed E-state index contributed by atoms with van der Waals surface area (Å²) in [6, 6.07) is 9.49. The summed E-state index contributed by atoms with van der Waals surface area (Å²) >= 11 is 0. The van der Waals surface area contributed by atoms with Crippen molar-refractivity contribution in [3.05, 3.63) is 35.4 Å². The van der Waals surface area contributed by atoms with Crippen LogP contribution >= 0.6 is 0 Å². The van der Waals surface area contributed by atoms with E-state index in [4.69, 9.17) is 4.74 Å². The fraction of sp³-hybridized carbons (Fsp3) is 0.647. The minimum atomic E-state index is 0.169. The molecule has 3 heteroatoms. The third kappa shape index (κ3) is 4.89. The van der Waals surface area contributed by atoms with Crippen molar-refractivity contribution < 1.29 is 4.74 Å². The van der Waals surface area contributed by atoms with Gasteiger partial charge in [0.25, 0.3) is 0 Å². The van der Waals surface area contributed by atoms with Gasteiger partial charge in [0.05, 0.1) is 13.2 Å². The fourth-order valence-electron chi connectivity index (χ4n) is 2.36. The molecule has 0 spiro atoms. The predicted molar refractivity (Wildman–Crippen MR) is 83.7 cm³/mol. The zero-order chi connectivity index (χ0) is 14.6. The van der Waals surface area contributed by atoms with E-state index in [1.807, 2.05) is 0 Å². The van der Waals surface area contributed by atoms with Crippen LogP contribution in [0, 0.1) is 0 Å². The van der Waals surface area contributed by atoms with Crippen molar-refractivity contribution in [3.8, 4) is 0 Å². The minimum absolute atomic E-state index is 0.169. The van der Waals surface area contributed by atoms with E-state index in [0.29, 0.717) is 6.04 Å². The molecule has 2 rings (SSSR count). The van der Waals surface area contributed by atoms with Gasteiger partial charge in [0.1, 0.15) is 0 Å². The van der Waals surface area contributed by atoms with E-state index in [2.05, 4.69) is 62.2 Å². The number of morpholine rings is 1. The summed E-state index contributed by atoms with van der Waals surface area (Å²) in [7, 11) is 0. The Morgan fingerprint density at radius 2 is 1.85 bits per heavy atom. The second kappa shape index (κ2) is 6.70. The first-order valence-electron chi connectivity index (χ1n) is 7.59. The van der Waals surface area contributed by atoms with Crippen LogP contribution in [0.1, 0.15) is 38.8 Å². The summed E-state index contributed by atoms with van der Waals surface area (Å²) in [5.74, 6) is 0. The Morgan fingerprint density at radius 3 is 2.45 bits per heavy atom. The molecule has 1 saturated heterocycles. The monoisotopic (exact) mass is 276 g/mol. The molecular weight excluding hydrogens is 248 g/mol. The lowest BCUT2D eigenvalue weighted by atomic mass is 10.1. The Labute approximate surface area is 123 Å². The topological polar surface area (TPSA) is 24.5 Å². The fourth-order valence-corrected chi connectivity index (χ4v) is 2.36. The zero-order valence-electron chi connectivity index (χ0n) is 13.3. The summed E-state index contributed by atoms with van der Waals surface area (Å²) < 4.78 is 5.48. The molecule has 0 aromatic heterocycles. The van der Waals surface area contributed by atoms with Crippen LogP contribution in [-0.2, 0) is 17.8 Å². The largest absolute Gasteiger partial charge is 0.379 e. The Balaban J connectivity index is 1.88. The Hall–Kier alpha value is -0.900. The number of nitrogens with zero attached hydrogens (tertiary/aromatic N) is 1. The van der Waals surface area contributed by atoms with Crippen molar-refractivity contribution in [3.63, 3.8) is 0 Å². The molecule has 0 aliphatic carbocycles. The van der Waals surface area contributed by atoms with Crippen LogP contribution in [-0.4, -0.2) is 36.2 Å². The Bertz CT molecular complexity index is 408. The standard InChI is InChI=1S/C17H28N2O/c1-14-13-20-10-9-19(14)12-16-7-5-15(6-8-16)11-18-17(2,3)4/h5-8,14,18H,9-13H2,1-4H3. The van der Waals surface area contributed by atoms with Crippen LogP contribution in [0.5, 0.6) is 0 Å². The first kappa shape index (κ1) is 15.5. The van der Waals surface area contributed by atoms with Gasteiger partial charge in [-0.3, -0.25) is 4.90 Å². The van der Waals surface area contributed by atoms with E-state index in [-0.39, 0.29) is 5.54 Å². The highest BCUT2D eigenvalue weighted by Crippen LogP contribution is 2.13. The summed E-state index contributed by atoms with van der Waals surface area (Å²) in [6.45, 7) is 13.5. The highest BCUT2D eigenvalue weighted by Gasteiger charge is 2.18. The maximum absolute atomic E-state index is 5.48. The molecule has 1 aromatic rings. The van der Waals surface area contributed by atoms with E-state index in [9.17, 15) is 0 Å². The van der Waals surface area contributed by atoms with Gasteiger partial charge >= 0.3 is 0 Å². The summed E-state index contributed by atoms with van der Waals surface area (Å²) in [5.41, 5.74) is 2.90. The second-order valence-electron chi connectivity index (χ2n) is 6.81. The maximum Gasteiger partial charge on any atom is 0.0619 e. The van der Waals surface area contributed by atoms with Crippen molar-refractivity contribution in [1.82, 2.24) is 10.2 Å². The van der Waals surface area contributed by atoms with Gasteiger partial charge in [-0.05, 0) is 38.8 Å². The Morgan fingerprint density at radius 1 is 1.20 bits per heavy atom. The average Bonchev–Trinajstić information content (AvgIpc) is 2.40. The SMILES string of the molecule is CC1COCCN1Cc1ccc(CNC(C)(C)C)cc1. The maximum atomic E-state index is 5.48. The van der Waals surface area contributed by atoms with Gasteiger partial charge in [-0.2, -0.15) is 0 Å².